The first-order valence-electron chi connectivity index (χ1n) is 7.06. The van der Waals surface area contributed by atoms with Gasteiger partial charge >= 0.3 is 0 Å². The van der Waals surface area contributed by atoms with Gasteiger partial charge in [0.2, 0.25) is 0 Å². The molecule has 0 saturated heterocycles. The predicted molar refractivity (Wildman–Crippen MR) is 95.1 cm³/mol. The summed E-state index contributed by atoms with van der Waals surface area (Å²) in [5, 5.41) is 0. The first-order chi connectivity index (χ1) is 11.2. The molecule has 3 rings (SSSR count). The summed E-state index contributed by atoms with van der Waals surface area (Å²) in [6.07, 6.45) is 0. The molecule has 1 amide bonds. The van der Waals surface area contributed by atoms with E-state index in [0.717, 1.165) is 25.7 Å². The maximum Gasteiger partial charge on any atom is 0.258 e. The quantitative estimate of drug-likeness (QED) is 0.681. The van der Waals surface area contributed by atoms with E-state index in [4.69, 9.17) is 4.74 Å². The number of ether oxygens (including phenoxy) is 1. The van der Waals surface area contributed by atoms with E-state index >= 15 is 0 Å². The van der Waals surface area contributed by atoms with Gasteiger partial charge in [-0.2, -0.15) is 4.99 Å². The van der Waals surface area contributed by atoms with Gasteiger partial charge in [-0.25, -0.2) is 0 Å². The van der Waals surface area contributed by atoms with Gasteiger partial charge in [-0.3, -0.25) is 4.79 Å². The molecule has 118 valence electrons. The Balaban J connectivity index is 1.73. The van der Waals surface area contributed by atoms with Gasteiger partial charge in [0.1, 0.15) is 5.75 Å². The summed E-state index contributed by atoms with van der Waals surface area (Å²) in [5.41, 5.74) is 1.09. The fourth-order valence-electron chi connectivity index (χ4n) is 2.14. The van der Waals surface area contributed by atoms with Crippen LogP contribution in [0.2, 0.25) is 0 Å². The largest absolute Gasteiger partial charge is 0.497 e. The number of carbonyl (C=O) groups excluding carboxylic acids is 1. The van der Waals surface area contributed by atoms with Gasteiger partial charge in [-0.05, 0) is 36.4 Å². The van der Waals surface area contributed by atoms with Crippen LogP contribution >= 0.6 is 23.1 Å². The minimum Gasteiger partial charge on any atom is -0.497 e. The monoisotopic (exact) mass is 344 g/mol. The molecular formula is C17H16N2O2S2. The Bertz CT molecular complexity index is 895. The minimum atomic E-state index is -0.132. The third-order valence-corrected chi connectivity index (χ3v) is 5.47. The third kappa shape index (κ3) is 3.65. The van der Waals surface area contributed by atoms with E-state index in [1.54, 1.807) is 7.11 Å². The summed E-state index contributed by atoms with van der Waals surface area (Å²) in [7, 11) is 3.57. The Kier molecular flexibility index (Phi) is 4.83. The summed E-state index contributed by atoms with van der Waals surface area (Å²) < 4.78 is 8.20. The van der Waals surface area contributed by atoms with Gasteiger partial charge in [0.25, 0.3) is 5.91 Å². The number of benzene rings is 2. The molecule has 23 heavy (non-hydrogen) atoms. The van der Waals surface area contributed by atoms with Crippen LogP contribution in [0.3, 0.4) is 0 Å². The van der Waals surface area contributed by atoms with E-state index in [1.807, 2.05) is 60.1 Å². The molecule has 3 aromatic rings. The number of hydrogen-bond donors (Lipinski definition) is 0. The van der Waals surface area contributed by atoms with Gasteiger partial charge in [0.15, 0.2) is 4.80 Å². The topological polar surface area (TPSA) is 43.6 Å². The van der Waals surface area contributed by atoms with E-state index in [0.29, 0.717) is 5.75 Å². The van der Waals surface area contributed by atoms with E-state index in [1.165, 1.54) is 23.1 Å². The number of nitrogens with zero attached hydrogens (tertiary/aromatic N) is 2. The number of carbonyl (C=O) groups is 1. The Morgan fingerprint density at radius 2 is 1.96 bits per heavy atom. The zero-order chi connectivity index (χ0) is 16.2. The molecule has 1 aromatic heterocycles. The Labute approximate surface area is 142 Å². The van der Waals surface area contributed by atoms with Gasteiger partial charge in [0.05, 0.1) is 23.1 Å². The lowest BCUT2D eigenvalue weighted by molar-refractivity contribution is -0.115. The summed E-state index contributed by atoms with van der Waals surface area (Å²) in [4.78, 5) is 18.1. The molecule has 6 heteroatoms. The zero-order valence-corrected chi connectivity index (χ0v) is 14.5. The molecule has 0 aliphatic heterocycles. The maximum atomic E-state index is 12.1. The molecular weight excluding hydrogens is 328 g/mol. The van der Waals surface area contributed by atoms with E-state index in [-0.39, 0.29) is 5.91 Å². The molecule has 0 fully saturated rings. The number of thioether (sulfide) groups is 1. The fraction of sp³-hybridized carbons (Fsp3) is 0.176. The lowest BCUT2D eigenvalue weighted by Crippen LogP contribution is -2.14. The van der Waals surface area contributed by atoms with Crippen molar-refractivity contribution in [1.82, 2.24) is 4.57 Å². The lowest BCUT2D eigenvalue weighted by atomic mass is 10.3. The highest BCUT2D eigenvalue weighted by atomic mass is 32.2. The fourth-order valence-corrected chi connectivity index (χ4v) is 3.86. The van der Waals surface area contributed by atoms with Crippen molar-refractivity contribution in [2.45, 2.75) is 4.90 Å². The van der Waals surface area contributed by atoms with E-state index < -0.39 is 0 Å². The second-order valence-electron chi connectivity index (χ2n) is 4.88. The molecule has 0 atom stereocenters. The van der Waals surface area contributed by atoms with Crippen LogP contribution in [0.4, 0.5) is 0 Å². The van der Waals surface area contributed by atoms with Gasteiger partial charge in [-0.1, -0.05) is 23.5 Å². The molecule has 1 heterocycles. The van der Waals surface area contributed by atoms with Crippen LogP contribution in [0.15, 0.2) is 58.4 Å². The number of aryl methyl sites for hydroxylation is 1. The third-order valence-electron chi connectivity index (χ3n) is 3.36. The minimum absolute atomic E-state index is 0.132. The number of thiazole rings is 1. The van der Waals surface area contributed by atoms with E-state index in [2.05, 4.69) is 4.99 Å². The average molecular weight is 344 g/mol. The highest BCUT2D eigenvalue weighted by Crippen LogP contribution is 2.21. The Morgan fingerprint density at radius 1 is 1.22 bits per heavy atom. The Morgan fingerprint density at radius 3 is 2.65 bits per heavy atom. The second kappa shape index (κ2) is 7.02. The van der Waals surface area contributed by atoms with Crippen molar-refractivity contribution in [3.8, 4) is 5.75 Å². The van der Waals surface area contributed by atoms with Crippen LogP contribution in [0, 0.1) is 0 Å². The normalized spacial score (nSPS) is 11.8. The number of methoxy groups -OCH3 is 1. The highest BCUT2D eigenvalue weighted by Gasteiger charge is 2.05. The zero-order valence-electron chi connectivity index (χ0n) is 12.9. The van der Waals surface area contributed by atoms with Crippen molar-refractivity contribution in [2.75, 3.05) is 12.9 Å². The molecule has 0 bridgehead atoms. The maximum absolute atomic E-state index is 12.1. The molecule has 0 spiro atoms. The predicted octanol–water partition coefficient (Wildman–Crippen LogP) is 3.47. The second-order valence-corrected chi connectivity index (χ2v) is 6.94. The summed E-state index contributed by atoms with van der Waals surface area (Å²) >= 11 is 3.00. The van der Waals surface area contributed by atoms with Crippen molar-refractivity contribution < 1.29 is 9.53 Å². The van der Waals surface area contributed by atoms with Gasteiger partial charge < -0.3 is 9.30 Å². The summed E-state index contributed by atoms with van der Waals surface area (Å²) in [5.74, 6) is 0.997. The number of rotatable bonds is 4. The number of fused-ring (bicyclic) bond motifs is 1. The summed E-state index contributed by atoms with van der Waals surface area (Å²) in [6, 6.07) is 15.7. The van der Waals surface area contributed by atoms with Crippen LogP contribution in [-0.4, -0.2) is 23.3 Å². The number of hydrogen-bond acceptors (Lipinski definition) is 4. The Hall–Kier alpha value is -2.05. The van der Waals surface area contributed by atoms with Gasteiger partial charge in [-0.15, -0.1) is 11.8 Å². The van der Waals surface area contributed by atoms with Crippen molar-refractivity contribution in [3.63, 3.8) is 0 Å². The van der Waals surface area contributed by atoms with Crippen molar-refractivity contribution in [1.29, 1.82) is 0 Å². The first kappa shape index (κ1) is 15.8. The average Bonchev–Trinajstić information content (AvgIpc) is 2.90. The molecule has 4 nitrogen and oxygen atoms in total. The molecule has 0 aliphatic rings. The highest BCUT2D eigenvalue weighted by molar-refractivity contribution is 8.00. The molecule has 0 saturated carbocycles. The smallest absolute Gasteiger partial charge is 0.258 e. The lowest BCUT2D eigenvalue weighted by Gasteiger charge is -2.01. The SMILES string of the molecule is COc1ccc(SCC(=O)N=c2sc3ccccc3n2C)cc1. The van der Waals surface area contributed by atoms with Gasteiger partial charge in [0, 0.05) is 11.9 Å². The molecule has 0 unspecified atom stereocenters. The number of para-hydroxylation sites is 1. The van der Waals surface area contributed by atoms with Crippen LogP contribution < -0.4 is 9.54 Å². The van der Waals surface area contributed by atoms with Crippen LogP contribution in [-0.2, 0) is 11.8 Å². The number of amides is 1. The molecule has 0 radical (unpaired) electrons. The standard InChI is InChI=1S/C17H16N2O2S2/c1-19-14-5-3-4-6-15(14)23-17(19)18-16(20)11-22-13-9-7-12(21-2)8-10-13/h3-10H,11H2,1-2H3. The molecule has 2 aromatic carbocycles. The van der Waals surface area contributed by atoms with Crippen molar-refractivity contribution >= 4 is 39.2 Å². The van der Waals surface area contributed by atoms with E-state index in [9.17, 15) is 4.79 Å². The van der Waals surface area contributed by atoms with Crippen LogP contribution in [0.1, 0.15) is 0 Å². The van der Waals surface area contributed by atoms with Crippen molar-refractivity contribution in [3.05, 3.63) is 53.3 Å². The first-order valence-corrected chi connectivity index (χ1v) is 8.86. The van der Waals surface area contributed by atoms with Crippen LogP contribution in [0.5, 0.6) is 5.75 Å². The molecule has 0 aliphatic carbocycles. The summed E-state index contributed by atoms with van der Waals surface area (Å²) in [6.45, 7) is 0. The van der Waals surface area contributed by atoms with Crippen molar-refractivity contribution in [2.24, 2.45) is 12.0 Å². The number of aromatic nitrogens is 1. The molecule has 0 N–H and O–H groups in total. The van der Waals surface area contributed by atoms with Crippen LogP contribution in [0.25, 0.3) is 10.2 Å².